The zero-order valence-electron chi connectivity index (χ0n) is 30.0. The third-order valence-corrected chi connectivity index (χ3v) is 11.1. The summed E-state index contributed by atoms with van der Waals surface area (Å²) in [6.07, 6.45) is 12.6. The fourth-order valence-electron chi connectivity index (χ4n) is 8.67. The molecule has 0 spiro atoms. The number of hydrogen-bond acceptors (Lipinski definition) is 2. The first-order chi connectivity index (χ1) is 26.7. The van der Waals surface area contributed by atoms with Crippen LogP contribution >= 0.6 is 0 Å². The molecule has 256 valence electrons. The molecule has 1 heterocycles. The molecule has 0 unspecified atom stereocenters. The second-order valence-electron chi connectivity index (χ2n) is 14.3. The zero-order valence-corrected chi connectivity index (χ0v) is 30.0. The molecule has 0 saturated heterocycles. The topological polar surface area (TPSA) is 29.3 Å². The summed E-state index contributed by atoms with van der Waals surface area (Å²) in [6, 6.07) is 55.4. The van der Waals surface area contributed by atoms with Crippen LogP contribution < -0.4 is 21.1 Å². The van der Waals surface area contributed by atoms with Crippen molar-refractivity contribution in [2.45, 2.75) is 12.8 Å². The van der Waals surface area contributed by atoms with Gasteiger partial charge in [0.1, 0.15) is 0 Å². The Morgan fingerprint density at radius 3 is 1.85 bits per heavy atom. The number of rotatable bonds is 5. The minimum atomic E-state index is 0.981. The quantitative estimate of drug-likeness (QED) is 0.182. The van der Waals surface area contributed by atoms with Gasteiger partial charge in [-0.1, -0.05) is 134 Å². The average Bonchev–Trinajstić information content (AvgIpc) is 3.24. The molecule has 2 aliphatic rings. The van der Waals surface area contributed by atoms with E-state index in [1.807, 2.05) is 6.08 Å². The van der Waals surface area contributed by atoms with Gasteiger partial charge in [0.2, 0.25) is 0 Å². The molecule has 2 heteroatoms. The first kappa shape index (κ1) is 31.8. The molecule has 2 nitrogen and oxygen atoms in total. The maximum Gasteiger partial charge on any atom is 0.0560 e. The Bertz CT molecular complexity index is 3000. The highest BCUT2D eigenvalue weighted by Gasteiger charge is 2.25. The third-order valence-electron chi connectivity index (χ3n) is 11.1. The number of anilines is 2. The van der Waals surface area contributed by atoms with Crippen molar-refractivity contribution in [2.24, 2.45) is 5.73 Å². The maximum atomic E-state index is 6.19. The van der Waals surface area contributed by atoms with Gasteiger partial charge >= 0.3 is 0 Å². The molecule has 8 aromatic carbocycles. The van der Waals surface area contributed by atoms with Crippen LogP contribution in [-0.2, 0) is 0 Å². The standard InChI is InChI=1S/C52H38N2/c1-34-29-40(35-13-3-2-4-14-35)33-49-47-23-9-10-24-50(47)54(51(27-28-53)52(34)49)41-18-12-17-38(31-41)36-15-11-16-37(30-36)39-25-26-46-44-21-6-5-19-42(44)43-20-7-8-22-45(43)48(46)32-39/h3,5-33H,1-2,4,53H2. The van der Waals surface area contributed by atoms with Crippen LogP contribution in [0.5, 0.6) is 0 Å². The van der Waals surface area contributed by atoms with E-state index in [-0.39, 0.29) is 0 Å². The van der Waals surface area contributed by atoms with Gasteiger partial charge in [-0.3, -0.25) is 0 Å². The second kappa shape index (κ2) is 12.9. The number of nitrogens with zero attached hydrogens (tertiary/aromatic N) is 1. The van der Waals surface area contributed by atoms with Crippen molar-refractivity contribution in [2.75, 3.05) is 4.90 Å². The number of allylic oxidation sites excluding steroid dienone is 4. The molecule has 0 amide bonds. The summed E-state index contributed by atoms with van der Waals surface area (Å²) in [5.41, 5.74) is 18.9. The van der Waals surface area contributed by atoms with E-state index in [9.17, 15) is 0 Å². The number of para-hydroxylation sites is 1. The van der Waals surface area contributed by atoms with E-state index in [1.165, 1.54) is 65.7 Å². The molecule has 2 N–H and O–H groups in total. The van der Waals surface area contributed by atoms with E-state index in [0.29, 0.717) is 0 Å². The SMILES string of the molecule is C=c1cc(C2=CCCC=C2)cc2c1=C(C=CN)N(c1cccc(-c3cccc(-c4ccc5c6ccccc6c6ccccc6c5c4)c3)c1)c1ccccc1-2. The van der Waals surface area contributed by atoms with Gasteiger partial charge in [0.05, 0.1) is 11.4 Å². The van der Waals surface area contributed by atoms with Crippen molar-refractivity contribution in [1.82, 2.24) is 0 Å². The lowest BCUT2D eigenvalue weighted by molar-refractivity contribution is 1.04. The van der Waals surface area contributed by atoms with Crippen LogP contribution in [0.2, 0.25) is 0 Å². The summed E-state index contributed by atoms with van der Waals surface area (Å²) in [5.74, 6) is 0. The van der Waals surface area contributed by atoms with Crippen molar-refractivity contribution >= 4 is 61.5 Å². The Morgan fingerprint density at radius 2 is 1.15 bits per heavy atom. The Morgan fingerprint density at radius 1 is 0.519 bits per heavy atom. The van der Waals surface area contributed by atoms with Gasteiger partial charge in [0, 0.05) is 16.5 Å². The van der Waals surface area contributed by atoms with Crippen LogP contribution in [0.4, 0.5) is 11.4 Å². The molecule has 0 bridgehead atoms. The molecule has 1 aliphatic heterocycles. The lowest BCUT2D eigenvalue weighted by Gasteiger charge is -2.33. The normalized spacial score (nSPS) is 13.8. The van der Waals surface area contributed by atoms with Gasteiger partial charge in [0.25, 0.3) is 0 Å². The fraction of sp³-hybridized carbons (Fsp3) is 0.0385. The van der Waals surface area contributed by atoms with Crippen molar-refractivity contribution in [1.29, 1.82) is 0 Å². The van der Waals surface area contributed by atoms with E-state index in [0.717, 1.165) is 51.5 Å². The van der Waals surface area contributed by atoms with Gasteiger partial charge in [-0.25, -0.2) is 0 Å². The Kier molecular flexibility index (Phi) is 7.63. The maximum absolute atomic E-state index is 6.19. The van der Waals surface area contributed by atoms with E-state index in [2.05, 4.69) is 181 Å². The molecule has 0 aromatic heterocycles. The molecule has 0 radical (unpaired) electrons. The molecule has 8 aromatic rings. The van der Waals surface area contributed by atoms with Crippen LogP contribution in [0.1, 0.15) is 18.4 Å². The monoisotopic (exact) mass is 690 g/mol. The van der Waals surface area contributed by atoms with Gasteiger partial charge in [0.15, 0.2) is 0 Å². The Balaban J connectivity index is 1.10. The predicted octanol–water partition coefficient (Wildman–Crippen LogP) is 12.0. The van der Waals surface area contributed by atoms with Crippen LogP contribution in [0.15, 0.2) is 182 Å². The molecule has 54 heavy (non-hydrogen) atoms. The first-order valence-corrected chi connectivity index (χ1v) is 18.7. The number of benzene rings is 8. The lowest BCUT2D eigenvalue weighted by Crippen LogP contribution is -2.37. The molecule has 0 atom stereocenters. The van der Waals surface area contributed by atoms with Gasteiger partial charge < -0.3 is 10.6 Å². The van der Waals surface area contributed by atoms with E-state index in [4.69, 9.17) is 5.73 Å². The zero-order chi connectivity index (χ0) is 36.2. The largest absolute Gasteiger partial charge is 0.405 e. The molecule has 10 rings (SSSR count). The van der Waals surface area contributed by atoms with Crippen LogP contribution in [0.25, 0.3) is 83.5 Å². The molecule has 0 saturated carbocycles. The van der Waals surface area contributed by atoms with E-state index >= 15 is 0 Å². The van der Waals surface area contributed by atoms with Crippen LogP contribution in [0.3, 0.4) is 0 Å². The van der Waals surface area contributed by atoms with Gasteiger partial charge in [-0.2, -0.15) is 0 Å². The number of fused-ring (bicyclic) bond motifs is 9. The van der Waals surface area contributed by atoms with Crippen LogP contribution in [0, 0.1) is 0 Å². The van der Waals surface area contributed by atoms with Crippen molar-refractivity contribution < 1.29 is 0 Å². The number of nitrogens with two attached hydrogens (primary N) is 1. The minimum Gasteiger partial charge on any atom is -0.405 e. The summed E-state index contributed by atoms with van der Waals surface area (Å²) < 4.78 is 0. The lowest BCUT2D eigenvalue weighted by atomic mass is 9.89. The molecule has 0 fully saturated rings. The summed E-state index contributed by atoms with van der Waals surface area (Å²) in [4.78, 5) is 2.33. The van der Waals surface area contributed by atoms with Gasteiger partial charge in [-0.15, -0.1) is 0 Å². The average molecular weight is 691 g/mol. The summed E-state index contributed by atoms with van der Waals surface area (Å²) >= 11 is 0. The molecular weight excluding hydrogens is 653 g/mol. The van der Waals surface area contributed by atoms with Gasteiger partial charge in [-0.05, 0) is 144 Å². The van der Waals surface area contributed by atoms with Crippen molar-refractivity contribution in [3.8, 4) is 33.4 Å². The molecular formula is C52H38N2. The summed E-state index contributed by atoms with van der Waals surface area (Å²) in [6.45, 7) is 4.60. The summed E-state index contributed by atoms with van der Waals surface area (Å²) in [5, 5.41) is 9.79. The first-order valence-electron chi connectivity index (χ1n) is 18.7. The fourth-order valence-corrected chi connectivity index (χ4v) is 8.67. The Labute approximate surface area is 315 Å². The highest BCUT2D eigenvalue weighted by Crippen LogP contribution is 2.43. The second-order valence-corrected chi connectivity index (χ2v) is 14.3. The Hall–Kier alpha value is -6.90. The minimum absolute atomic E-state index is 0.981. The smallest absolute Gasteiger partial charge is 0.0560 e. The third kappa shape index (κ3) is 5.18. The van der Waals surface area contributed by atoms with Crippen molar-refractivity contribution in [3.05, 3.63) is 198 Å². The van der Waals surface area contributed by atoms with Crippen LogP contribution in [-0.4, -0.2) is 0 Å². The summed E-state index contributed by atoms with van der Waals surface area (Å²) in [7, 11) is 0. The highest BCUT2D eigenvalue weighted by molar-refractivity contribution is 6.25. The van der Waals surface area contributed by atoms with Crippen molar-refractivity contribution in [3.63, 3.8) is 0 Å². The van der Waals surface area contributed by atoms with E-state index in [1.54, 1.807) is 6.20 Å². The molecule has 1 aliphatic carbocycles. The predicted molar refractivity (Wildman–Crippen MR) is 232 cm³/mol. The number of hydrogen-bond donors (Lipinski definition) is 1. The highest BCUT2D eigenvalue weighted by atomic mass is 15.2. The van der Waals surface area contributed by atoms with E-state index < -0.39 is 0 Å².